The Balaban J connectivity index is 2.61. The molecule has 1 atom stereocenters. The van der Waals surface area contributed by atoms with E-state index < -0.39 is 17.9 Å². The summed E-state index contributed by atoms with van der Waals surface area (Å²) >= 11 is 3.31. The second kappa shape index (κ2) is 6.51. The van der Waals surface area contributed by atoms with E-state index in [4.69, 9.17) is 5.11 Å². The summed E-state index contributed by atoms with van der Waals surface area (Å²) in [6, 6.07) is 5.32. The molecule has 1 rings (SSSR count). The molecule has 0 aromatic heterocycles. The highest BCUT2D eigenvalue weighted by atomic mass is 79.9. The zero-order valence-corrected chi connectivity index (χ0v) is 11.7. The minimum atomic E-state index is -0.766. The zero-order chi connectivity index (χ0) is 13.7. The molecule has 0 aliphatic rings. The maximum atomic E-state index is 11.5. The van der Waals surface area contributed by atoms with Crippen molar-refractivity contribution in [3.8, 4) is 0 Å². The lowest BCUT2D eigenvalue weighted by molar-refractivity contribution is -0.136. The molecular weight excluding hydrogens is 300 g/mol. The summed E-state index contributed by atoms with van der Waals surface area (Å²) in [6.45, 7) is 3.40. The molecule has 5 nitrogen and oxygen atoms in total. The van der Waals surface area contributed by atoms with Gasteiger partial charge in [-0.05, 0) is 37.6 Å². The average Bonchev–Trinajstić information content (AvgIpc) is 2.29. The monoisotopic (exact) mass is 314 g/mol. The molecule has 1 aromatic carbocycles. The van der Waals surface area contributed by atoms with E-state index in [1.165, 1.54) is 6.92 Å². The van der Waals surface area contributed by atoms with Gasteiger partial charge in [-0.3, -0.25) is 9.59 Å². The lowest BCUT2D eigenvalue weighted by Crippen LogP contribution is -2.38. The third-order valence-corrected chi connectivity index (χ3v) is 2.69. The standard InChI is InChI=1S/C12H15BrN2O3/c1-7-5-9(13)3-4-10(7)15-12(18)11(17)14-6-8(2)16/h3-5,8,16H,6H2,1-2H3,(H,14,17)(H,15,18). The summed E-state index contributed by atoms with van der Waals surface area (Å²) in [7, 11) is 0. The van der Waals surface area contributed by atoms with Crippen LogP contribution in [0.3, 0.4) is 0 Å². The average molecular weight is 315 g/mol. The predicted molar refractivity (Wildman–Crippen MR) is 72.2 cm³/mol. The third kappa shape index (κ3) is 4.46. The Morgan fingerprint density at radius 1 is 1.39 bits per heavy atom. The molecule has 0 saturated carbocycles. The maximum absolute atomic E-state index is 11.5. The second-order valence-corrected chi connectivity index (χ2v) is 4.89. The number of aryl methyl sites for hydroxylation is 1. The van der Waals surface area contributed by atoms with Crippen molar-refractivity contribution in [2.45, 2.75) is 20.0 Å². The first-order valence-corrected chi connectivity index (χ1v) is 6.23. The van der Waals surface area contributed by atoms with Crippen molar-refractivity contribution in [2.75, 3.05) is 11.9 Å². The van der Waals surface area contributed by atoms with Gasteiger partial charge in [0.1, 0.15) is 0 Å². The number of amides is 2. The number of hydrogen-bond donors (Lipinski definition) is 3. The fourth-order valence-electron chi connectivity index (χ4n) is 1.27. The van der Waals surface area contributed by atoms with Crippen LogP contribution in [0.25, 0.3) is 0 Å². The quantitative estimate of drug-likeness (QED) is 0.733. The van der Waals surface area contributed by atoms with Gasteiger partial charge in [-0.2, -0.15) is 0 Å². The molecule has 6 heteroatoms. The molecule has 1 unspecified atom stereocenters. The van der Waals surface area contributed by atoms with Crippen LogP contribution in [0.5, 0.6) is 0 Å². The summed E-state index contributed by atoms with van der Waals surface area (Å²) in [5.74, 6) is -1.51. The predicted octanol–water partition coefficient (Wildman–Crippen LogP) is 1.19. The fourth-order valence-corrected chi connectivity index (χ4v) is 1.74. The van der Waals surface area contributed by atoms with E-state index in [2.05, 4.69) is 26.6 Å². The molecule has 18 heavy (non-hydrogen) atoms. The van der Waals surface area contributed by atoms with E-state index in [1.807, 2.05) is 13.0 Å². The zero-order valence-electron chi connectivity index (χ0n) is 10.2. The Morgan fingerprint density at radius 2 is 2.06 bits per heavy atom. The lowest BCUT2D eigenvalue weighted by Gasteiger charge is -2.09. The van der Waals surface area contributed by atoms with Gasteiger partial charge in [-0.1, -0.05) is 15.9 Å². The number of aliphatic hydroxyl groups excluding tert-OH is 1. The number of hydrogen-bond acceptors (Lipinski definition) is 3. The van der Waals surface area contributed by atoms with Crippen molar-refractivity contribution >= 4 is 33.4 Å². The van der Waals surface area contributed by atoms with Gasteiger partial charge in [0, 0.05) is 16.7 Å². The van der Waals surface area contributed by atoms with Crippen molar-refractivity contribution in [3.63, 3.8) is 0 Å². The highest BCUT2D eigenvalue weighted by molar-refractivity contribution is 9.10. The van der Waals surface area contributed by atoms with E-state index in [-0.39, 0.29) is 6.54 Å². The number of aliphatic hydroxyl groups is 1. The highest BCUT2D eigenvalue weighted by Crippen LogP contribution is 2.19. The number of nitrogens with one attached hydrogen (secondary N) is 2. The van der Waals surface area contributed by atoms with Crippen molar-refractivity contribution in [1.29, 1.82) is 0 Å². The number of benzene rings is 1. The molecule has 0 heterocycles. The van der Waals surface area contributed by atoms with Gasteiger partial charge in [-0.15, -0.1) is 0 Å². The second-order valence-electron chi connectivity index (χ2n) is 3.97. The van der Waals surface area contributed by atoms with E-state index in [9.17, 15) is 9.59 Å². The molecule has 1 aromatic rings. The Bertz CT molecular complexity index is 461. The van der Waals surface area contributed by atoms with Crippen molar-refractivity contribution in [2.24, 2.45) is 0 Å². The summed E-state index contributed by atoms with van der Waals surface area (Å²) < 4.78 is 0.900. The molecule has 98 valence electrons. The van der Waals surface area contributed by atoms with Crippen molar-refractivity contribution in [3.05, 3.63) is 28.2 Å². The highest BCUT2D eigenvalue weighted by Gasteiger charge is 2.14. The van der Waals surface area contributed by atoms with Gasteiger partial charge in [0.25, 0.3) is 0 Å². The first-order chi connectivity index (χ1) is 8.40. The molecule has 0 bridgehead atoms. The topological polar surface area (TPSA) is 78.4 Å². The van der Waals surface area contributed by atoms with Crippen LogP contribution in [0.2, 0.25) is 0 Å². The largest absolute Gasteiger partial charge is 0.392 e. The molecular formula is C12H15BrN2O3. The van der Waals surface area contributed by atoms with Gasteiger partial charge < -0.3 is 15.7 Å². The summed E-state index contributed by atoms with van der Waals surface area (Å²) in [5.41, 5.74) is 1.43. The Labute approximate surface area is 114 Å². The Kier molecular flexibility index (Phi) is 5.30. The van der Waals surface area contributed by atoms with Gasteiger partial charge in [-0.25, -0.2) is 0 Å². The van der Waals surface area contributed by atoms with Crippen LogP contribution >= 0.6 is 15.9 Å². The summed E-state index contributed by atoms with van der Waals surface area (Å²) in [5, 5.41) is 13.8. The van der Waals surface area contributed by atoms with E-state index in [1.54, 1.807) is 12.1 Å². The molecule has 0 fully saturated rings. The minimum absolute atomic E-state index is 0.0472. The van der Waals surface area contributed by atoms with Crippen LogP contribution in [0.4, 0.5) is 5.69 Å². The molecule has 0 radical (unpaired) electrons. The first kappa shape index (κ1) is 14.7. The van der Waals surface area contributed by atoms with Gasteiger partial charge in [0.05, 0.1) is 6.10 Å². The fraction of sp³-hybridized carbons (Fsp3) is 0.333. The maximum Gasteiger partial charge on any atom is 0.313 e. The van der Waals surface area contributed by atoms with Crippen LogP contribution < -0.4 is 10.6 Å². The van der Waals surface area contributed by atoms with Gasteiger partial charge in [0.15, 0.2) is 0 Å². The number of anilines is 1. The van der Waals surface area contributed by atoms with Gasteiger partial charge >= 0.3 is 11.8 Å². The van der Waals surface area contributed by atoms with E-state index in [0.29, 0.717) is 5.69 Å². The van der Waals surface area contributed by atoms with Crippen LogP contribution in [0.15, 0.2) is 22.7 Å². The molecule has 0 aliphatic carbocycles. The molecule has 0 aliphatic heterocycles. The van der Waals surface area contributed by atoms with Crippen molar-refractivity contribution < 1.29 is 14.7 Å². The molecule has 0 saturated heterocycles. The Morgan fingerprint density at radius 3 is 2.61 bits per heavy atom. The normalized spacial score (nSPS) is 11.8. The van der Waals surface area contributed by atoms with E-state index in [0.717, 1.165) is 10.0 Å². The van der Waals surface area contributed by atoms with Crippen LogP contribution in [0, 0.1) is 6.92 Å². The number of carbonyl (C=O) groups is 2. The molecule has 3 N–H and O–H groups in total. The smallest absolute Gasteiger partial charge is 0.313 e. The van der Waals surface area contributed by atoms with Crippen LogP contribution in [-0.2, 0) is 9.59 Å². The first-order valence-electron chi connectivity index (χ1n) is 5.43. The summed E-state index contributed by atoms with van der Waals surface area (Å²) in [4.78, 5) is 22.9. The molecule has 0 spiro atoms. The SMILES string of the molecule is Cc1cc(Br)ccc1NC(=O)C(=O)NCC(C)O. The lowest BCUT2D eigenvalue weighted by atomic mass is 10.2. The minimum Gasteiger partial charge on any atom is -0.392 e. The van der Waals surface area contributed by atoms with E-state index >= 15 is 0 Å². The van der Waals surface area contributed by atoms with Crippen LogP contribution in [0.1, 0.15) is 12.5 Å². The van der Waals surface area contributed by atoms with Gasteiger partial charge in [0.2, 0.25) is 0 Å². The third-order valence-electron chi connectivity index (χ3n) is 2.20. The number of rotatable bonds is 3. The summed E-state index contributed by atoms with van der Waals surface area (Å²) in [6.07, 6.45) is -0.684. The Hall–Kier alpha value is -1.40. The van der Waals surface area contributed by atoms with Crippen molar-refractivity contribution in [1.82, 2.24) is 5.32 Å². The number of halogens is 1. The number of carbonyl (C=O) groups excluding carboxylic acids is 2. The molecule has 2 amide bonds. The van der Waals surface area contributed by atoms with Crippen LogP contribution in [-0.4, -0.2) is 29.6 Å².